The van der Waals surface area contributed by atoms with E-state index in [0.717, 1.165) is 32.5 Å². The van der Waals surface area contributed by atoms with Gasteiger partial charge in [-0.05, 0) is 32.3 Å². The van der Waals surface area contributed by atoms with Crippen LogP contribution in [0.3, 0.4) is 0 Å². The first-order valence-corrected chi connectivity index (χ1v) is 10.9. The van der Waals surface area contributed by atoms with Crippen molar-refractivity contribution in [3.63, 3.8) is 0 Å². The van der Waals surface area contributed by atoms with E-state index in [9.17, 15) is 18.0 Å². The smallest absolute Gasteiger partial charge is 0.338 e. The van der Waals surface area contributed by atoms with E-state index in [4.69, 9.17) is 11.6 Å². The molecule has 1 aliphatic heterocycles. The lowest BCUT2D eigenvalue weighted by Gasteiger charge is -2.36. The van der Waals surface area contributed by atoms with Crippen LogP contribution >= 0.6 is 11.6 Å². The Labute approximate surface area is 184 Å². The van der Waals surface area contributed by atoms with Crippen molar-refractivity contribution in [1.29, 1.82) is 0 Å². The van der Waals surface area contributed by atoms with Crippen LogP contribution in [0.25, 0.3) is 0 Å². The quantitative estimate of drug-likeness (QED) is 0.660. The van der Waals surface area contributed by atoms with Gasteiger partial charge in [0.2, 0.25) is 5.91 Å². The molecule has 168 valence electrons. The molecule has 0 bridgehead atoms. The van der Waals surface area contributed by atoms with Gasteiger partial charge in [0.05, 0.1) is 10.7 Å². The molecule has 1 unspecified atom stereocenters. The van der Waals surface area contributed by atoms with Crippen LogP contribution in [-0.2, 0) is 17.5 Å². The van der Waals surface area contributed by atoms with Gasteiger partial charge in [-0.2, -0.15) is 18.3 Å². The number of amides is 1. The Balaban J connectivity index is 1.44. The van der Waals surface area contributed by atoms with Crippen LogP contribution < -0.4 is 0 Å². The number of halogens is 4. The van der Waals surface area contributed by atoms with E-state index in [1.165, 1.54) is 15.8 Å². The number of aryl methyl sites for hydroxylation is 1. The Morgan fingerprint density at radius 2 is 1.90 bits per heavy atom. The van der Waals surface area contributed by atoms with Gasteiger partial charge in [-0.3, -0.25) is 14.4 Å². The predicted molar refractivity (Wildman–Crippen MR) is 112 cm³/mol. The van der Waals surface area contributed by atoms with Crippen LogP contribution in [0.2, 0.25) is 5.02 Å². The Kier molecular flexibility index (Phi) is 6.05. The summed E-state index contributed by atoms with van der Waals surface area (Å²) >= 11 is 6.06. The third kappa shape index (κ3) is 4.75. The minimum Gasteiger partial charge on any atom is -0.338 e. The van der Waals surface area contributed by atoms with E-state index >= 15 is 0 Å². The molecule has 1 aromatic heterocycles. The molecule has 4 rings (SSSR count). The van der Waals surface area contributed by atoms with E-state index in [2.05, 4.69) is 35.1 Å². The first kappa shape index (κ1) is 22.1. The van der Waals surface area contributed by atoms with Gasteiger partial charge in [-0.15, -0.1) is 0 Å². The number of benzene rings is 1. The molecule has 0 N–H and O–H groups in total. The van der Waals surface area contributed by atoms with E-state index in [1.807, 2.05) is 6.07 Å². The number of carbonyl (C=O) groups excluding carboxylic acids is 1. The van der Waals surface area contributed by atoms with Gasteiger partial charge >= 0.3 is 6.18 Å². The van der Waals surface area contributed by atoms with Crippen molar-refractivity contribution in [3.8, 4) is 0 Å². The standard InChI is InChI=1S/C22H26ClF3N4O/c1-14-4-3-5-16(12-14)13-28-8-10-29(11-9-28)21(31)15(2)30-19(17-6-7-17)18(23)20(27-30)22(24,25)26/h3-5,12,15,17H,6-11,13H2,1-2H3. The lowest BCUT2D eigenvalue weighted by molar-refractivity contribution is -0.142. The second kappa shape index (κ2) is 8.47. The molecule has 9 heteroatoms. The van der Waals surface area contributed by atoms with Gasteiger partial charge in [0, 0.05) is 38.6 Å². The molecular weight excluding hydrogens is 429 g/mol. The molecule has 31 heavy (non-hydrogen) atoms. The van der Waals surface area contributed by atoms with Crippen LogP contribution in [0, 0.1) is 6.92 Å². The average Bonchev–Trinajstić information content (AvgIpc) is 3.48. The van der Waals surface area contributed by atoms with Gasteiger partial charge in [-0.25, -0.2) is 0 Å². The Morgan fingerprint density at radius 1 is 1.23 bits per heavy atom. The molecule has 5 nitrogen and oxygen atoms in total. The monoisotopic (exact) mass is 454 g/mol. The van der Waals surface area contributed by atoms with Crippen LogP contribution in [0.5, 0.6) is 0 Å². The van der Waals surface area contributed by atoms with Crippen molar-refractivity contribution in [2.75, 3.05) is 26.2 Å². The number of hydrogen-bond acceptors (Lipinski definition) is 3. The molecule has 1 atom stereocenters. The topological polar surface area (TPSA) is 41.4 Å². The van der Waals surface area contributed by atoms with Crippen molar-refractivity contribution in [3.05, 3.63) is 51.8 Å². The fourth-order valence-corrected chi connectivity index (χ4v) is 4.58. The van der Waals surface area contributed by atoms with E-state index < -0.39 is 17.9 Å². The summed E-state index contributed by atoms with van der Waals surface area (Å²) in [6.45, 7) is 6.99. The fourth-order valence-electron chi connectivity index (χ4n) is 4.19. The lowest BCUT2D eigenvalue weighted by Crippen LogP contribution is -2.50. The minimum absolute atomic E-state index is 0.0578. The zero-order valence-electron chi connectivity index (χ0n) is 17.6. The summed E-state index contributed by atoms with van der Waals surface area (Å²) < 4.78 is 41.2. The van der Waals surface area contributed by atoms with Crippen molar-refractivity contribution < 1.29 is 18.0 Å². The first-order chi connectivity index (χ1) is 14.6. The number of hydrogen-bond donors (Lipinski definition) is 0. The molecular formula is C22H26ClF3N4O. The predicted octanol–water partition coefficient (Wildman–Crippen LogP) is 4.65. The third-order valence-corrected chi connectivity index (χ3v) is 6.39. The normalized spacial score (nSPS) is 19.0. The molecule has 0 radical (unpaired) electrons. The third-order valence-electron chi connectivity index (χ3n) is 6.02. The van der Waals surface area contributed by atoms with Crippen LogP contribution in [0.1, 0.15) is 54.2 Å². The van der Waals surface area contributed by atoms with E-state index in [-0.39, 0.29) is 16.8 Å². The zero-order chi connectivity index (χ0) is 22.3. The summed E-state index contributed by atoms with van der Waals surface area (Å²) in [4.78, 5) is 17.1. The van der Waals surface area contributed by atoms with Crippen molar-refractivity contribution in [2.24, 2.45) is 0 Å². The number of piperazine rings is 1. The van der Waals surface area contributed by atoms with E-state index in [1.54, 1.807) is 11.8 Å². The Morgan fingerprint density at radius 3 is 2.48 bits per heavy atom. The molecule has 0 spiro atoms. The van der Waals surface area contributed by atoms with E-state index in [0.29, 0.717) is 18.8 Å². The van der Waals surface area contributed by atoms with Gasteiger partial charge in [0.25, 0.3) is 0 Å². The Bertz CT molecular complexity index is 962. The number of alkyl halides is 3. The highest BCUT2D eigenvalue weighted by Gasteiger charge is 2.43. The van der Waals surface area contributed by atoms with Gasteiger partial charge in [-0.1, -0.05) is 41.4 Å². The maximum Gasteiger partial charge on any atom is 0.436 e. The summed E-state index contributed by atoms with van der Waals surface area (Å²) in [5, 5.41) is 3.38. The van der Waals surface area contributed by atoms with Crippen molar-refractivity contribution in [2.45, 2.75) is 51.4 Å². The van der Waals surface area contributed by atoms with Crippen LogP contribution in [0.4, 0.5) is 13.2 Å². The number of carbonyl (C=O) groups is 1. The molecule has 1 aromatic carbocycles. The summed E-state index contributed by atoms with van der Waals surface area (Å²) in [6.07, 6.45) is -3.11. The molecule has 2 aliphatic rings. The minimum atomic E-state index is -4.64. The maximum absolute atomic E-state index is 13.3. The maximum atomic E-state index is 13.3. The summed E-state index contributed by atoms with van der Waals surface area (Å²) in [5.41, 5.74) is 1.68. The highest BCUT2D eigenvalue weighted by Crippen LogP contribution is 2.47. The van der Waals surface area contributed by atoms with Crippen LogP contribution in [-0.4, -0.2) is 51.7 Å². The highest BCUT2D eigenvalue weighted by molar-refractivity contribution is 6.32. The Hall–Kier alpha value is -2.06. The van der Waals surface area contributed by atoms with Crippen molar-refractivity contribution in [1.82, 2.24) is 19.6 Å². The summed E-state index contributed by atoms with van der Waals surface area (Å²) in [5.74, 6) is -0.275. The highest BCUT2D eigenvalue weighted by atomic mass is 35.5. The second-order valence-corrected chi connectivity index (χ2v) is 8.91. The van der Waals surface area contributed by atoms with Gasteiger partial charge in [0.1, 0.15) is 6.04 Å². The summed E-state index contributed by atoms with van der Waals surface area (Å²) in [6, 6.07) is 7.51. The largest absolute Gasteiger partial charge is 0.436 e. The number of aromatic nitrogens is 2. The lowest BCUT2D eigenvalue weighted by atomic mass is 10.1. The number of rotatable bonds is 5. The first-order valence-electron chi connectivity index (χ1n) is 10.6. The fraction of sp³-hybridized carbons (Fsp3) is 0.545. The molecule has 2 aromatic rings. The molecule has 1 saturated carbocycles. The molecule has 1 saturated heterocycles. The number of nitrogens with zero attached hydrogens (tertiary/aromatic N) is 4. The molecule has 2 heterocycles. The van der Waals surface area contributed by atoms with Crippen molar-refractivity contribution >= 4 is 17.5 Å². The van der Waals surface area contributed by atoms with Gasteiger partial charge < -0.3 is 4.90 Å². The van der Waals surface area contributed by atoms with Crippen LogP contribution in [0.15, 0.2) is 24.3 Å². The molecule has 2 fully saturated rings. The SMILES string of the molecule is Cc1cccc(CN2CCN(C(=O)C(C)n3nc(C(F)(F)F)c(Cl)c3C3CC3)CC2)c1. The average molecular weight is 455 g/mol. The zero-order valence-corrected chi connectivity index (χ0v) is 18.4. The summed E-state index contributed by atoms with van der Waals surface area (Å²) in [7, 11) is 0. The molecule has 1 aliphatic carbocycles. The second-order valence-electron chi connectivity index (χ2n) is 8.53. The van der Waals surface area contributed by atoms with Gasteiger partial charge in [0.15, 0.2) is 5.69 Å². The molecule has 1 amide bonds.